The van der Waals surface area contributed by atoms with Crippen molar-refractivity contribution in [2.45, 2.75) is 19.4 Å². The van der Waals surface area contributed by atoms with Crippen LogP contribution in [0.4, 0.5) is 5.95 Å². The summed E-state index contributed by atoms with van der Waals surface area (Å²) in [6.45, 7) is 8.68. The lowest BCUT2D eigenvalue weighted by Gasteiger charge is -2.35. The lowest BCUT2D eigenvalue weighted by atomic mass is 10.2. The van der Waals surface area contributed by atoms with E-state index in [-0.39, 0.29) is 17.9 Å². The summed E-state index contributed by atoms with van der Waals surface area (Å²) in [4.78, 5) is 36.6. The number of nitrogens with zero attached hydrogens (tertiary/aromatic N) is 7. The van der Waals surface area contributed by atoms with E-state index in [1.165, 1.54) is 11.6 Å². The van der Waals surface area contributed by atoms with Gasteiger partial charge in [-0.15, -0.1) is 0 Å². The van der Waals surface area contributed by atoms with Crippen LogP contribution in [-0.2, 0) is 20.6 Å². The number of fused-ring (bicyclic) bond motifs is 3. The van der Waals surface area contributed by atoms with Crippen LogP contribution in [0.15, 0.2) is 9.59 Å². The fraction of sp³-hybridized carbons (Fsp3) is 0.737. The predicted molar refractivity (Wildman–Crippen MR) is 112 cm³/mol. The number of anilines is 1. The molecular formula is C19H31N7O3. The van der Waals surface area contributed by atoms with Gasteiger partial charge in [-0.25, -0.2) is 4.79 Å². The average Bonchev–Trinajstić information content (AvgIpc) is 3.13. The molecule has 0 radical (unpaired) electrons. The van der Waals surface area contributed by atoms with Crippen LogP contribution in [-0.4, -0.2) is 92.6 Å². The molecule has 0 atom stereocenters. The molecule has 2 aliphatic heterocycles. The average molecular weight is 406 g/mol. The molecule has 0 bridgehead atoms. The smallest absolute Gasteiger partial charge is 0.332 e. The van der Waals surface area contributed by atoms with E-state index in [2.05, 4.69) is 19.7 Å². The molecule has 0 aliphatic carbocycles. The second-order valence-electron chi connectivity index (χ2n) is 8.04. The Bertz CT molecular complexity index is 984. The van der Waals surface area contributed by atoms with Gasteiger partial charge in [-0.1, -0.05) is 0 Å². The van der Waals surface area contributed by atoms with E-state index in [1.54, 1.807) is 7.05 Å². The van der Waals surface area contributed by atoms with Crippen LogP contribution in [0.3, 0.4) is 0 Å². The van der Waals surface area contributed by atoms with Gasteiger partial charge >= 0.3 is 5.69 Å². The van der Waals surface area contributed by atoms with Gasteiger partial charge in [0.15, 0.2) is 11.2 Å². The molecule has 29 heavy (non-hydrogen) atoms. The number of rotatable bonds is 6. The Morgan fingerprint density at radius 1 is 0.897 bits per heavy atom. The number of aliphatic hydroxyl groups is 1. The van der Waals surface area contributed by atoms with Gasteiger partial charge in [-0.3, -0.25) is 18.8 Å². The molecule has 2 aromatic heterocycles. The summed E-state index contributed by atoms with van der Waals surface area (Å²) >= 11 is 0. The highest BCUT2D eigenvalue weighted by molar-refractivity contribution is 5.74. The molecule has 0 unspecified atom stereocenters. The fourth-order valence-electron chi connectivity index (χ4n) is 4.48. The SMILES string of the molecule is Cn1c(=O)c2c(nc3n2CCCN3CCCN2CCN(CCO)CC2)n(C)c1=O. The molecule has 1 saturated heterocycles. The number of aliphatic hydroxyl groups excluding tert-OH is 1. The van der Waals surface area contributed by atoms with Gasteiger partial charge < -0.3 is 19.5 Å². The summed E-state index contributed by atoms with van der Waals surface area (Å²) < 4.78 is 4.60. The van der Waals surface area contributed by atoms with Crippen molar-refractivity contribution in [3.63, 3.8) is 0 Å². The van der Waals surface area contributed by atoms with Crippen molar-refractivity contribution in [2.24, 2.45) is 14.1 Å². The van der Waals surface area contributed by atoms with Crippen LogP contribution in [0.2, 0.25) is 0 Å². The van der Waals surface area contributed by atoms with Crippen molar-refractivity contribution < 1.29 is 5.11 Å². The number of hydrogen-bond donors (Lipinski definition) is 1. The molecule has 0 amide bonds. The Labute approximate surface area is 169 Å². The predicted octanol–water partition coefficient (Wildman–Crippen LogP) is -1.36. The Hall–Kier alpha value is -2.17. The quantitative estimate of drug-likeness (QED) is 0.635. The molecule has 4 rings (SSSR count). The van der Waals surface area contributed by atoms with E-state index in [9.17, 15) is 9.59 Å². The van der Waals surface area contributed by atoms with Gasteiger partial charge in [0.1, 0.15) is 0 Å². The van der Waals surface area contributed by atoms with E-state index >= 15 is 0 Å². The van der Waals surface area contributed by atoms with Gasteiger partial charge in [0, 0.05) is 66.5 Å². The van der Waals surface area contributed by atoms with Crippen LogP contribution in [0, 0.1) is 0 Å². The number of β-amino-alcohol motifs (C(OH)–C–C–N with tert-alkyl or cyclic N) is 1. The number of hydrogen-bond acceptors (Lipinski definition) is 7. The van der Waals surface area contributed by atoms with E-state index in [0.29, 0.717) is 11.2 Å². The Kier molecular flexibility index (Phi) is 5.75. The minimum Gasteiger partial charge on any atom is -0.395 e. The Morgan fingerprint density at radius 2 is 1.59 bits per heavy atom. The Morgan fingerprint density at radius 3 is 2.28 bits per heavy atom. The van der Waals surface area contributed by atoms with E-state index in [1.807, 2.05) is 4.57 Å². The van der Waals surface area contributed by atoms with Gasteiger partial charge in [-0.2, -0.15) is 4.98 Å². The summed E-state index contributed by atoms with van der Waals surface area (Å²) in [5.41, 5.74) is 0.378. The monoisotopic (exact) mass is 405 g/mol. The molecule has 2 aliphatic rings. The third-order valence-electron chi connectivity index (χ3n) is 6.20. The molecule has 0 aromatic carbocycles. The molecule has 1 fully saturated rings. The van der Waals surface area contributed by atoms with Gasteiger partial charge in [0.2, 0.25) is 5.95 Å². The first-order valence-corrected chi connectivity index (χ1v) is 10.5. The van der Waals surface area contributed by atoms with Crippen LogP contribution in [0.25, 0.3) is 11.2 Å². The van der Waals surface area contributed by atoms with Crippen LogP contribution < -0.4 is 16.1 Å². The number of imidazole rings is 1. The minimum absolute atomic E-state index is 0.227. The maximum Gasteiger partial charge on any atom is 0.332 e. The van der Waals surface area contributed by atoms with Crippen molar-refractivity contribution in [1.82, 2.24) is 28.5 Å². The first-order valence-electron chi connectivity index (χ1n) is 10.5. The molecular weight excluding hydrogens is 374 g/mol. The maximum atomic E-state index is 12.7. The number of aryl methyl sites for hydroxylation is 2. The molecule has 160 valence electrons. The second-order valence-corrected chi connectivity index (χ2v) is 8.04. The topological polar surface area (TPSA) is 91.8 Å². The van der Waals surface area contributed by atoms with Crippen molar-refractivity contribution >= 4 is 17.1 Å². The third kappa shape index (κ3) is 3.72. The molecule has 2 aromatic rings. The van der Waals surface area contributed by atoms with E-state index < -0.39 is 0 Å². The summed E-state index contributed by atoms with van der Waals surface area (Å²) in [5.74, 6) is 0.803. The highest BCUT2D eigenvalue weighted by atomic mass is 16.3. The molecule has 0 saturated carbocycles. The van der Waals surface area contributed by atoms with E-state index in [0.717, 1.165) is 82.3 Å². The minimum atomic E-state index is -0.343. The third-order valence-corrected chi connectivity index (χ3v) is 6.20. The number of piperazine rings is 1. The summed E-state index contributed by atoms with van der Waals surface area (Å²) in [5, 5.41) is 9.06. The molecule has 0 spiro atoms. The van der Waals surface area contributed by atoms with Gasteiger partial charge in [-0.05, 0) is 19.4 Å². The molecule has 1 N–H and O–H groups in total. The fourth-order valence-corrected chi connectivity index (χ4v) is 4.48. The highest BCUT2D eigenvalue weighted by Crippen LogP contribution is 2.24. The van der Waals surface area contributed by atoms with Crippen LogP contribution in [0.1, 0.15) is 12.8 Å². The second kappa shape index (κ2) is 8.29. The van der Waals surface area contributed by atoms with Crippen molar-refractivity contribution in [3.05, 3.63) is 20.8 Å². The first-order chi connectivity index (χ1) is 14.0. The highest BCUT2D eigenvalue weighted by Gasteiger charge is 2.25. The normalized spacial score (nSPS) is 18.5. The molecule has 4 heterocycles. The van der Waals surface area contributed by atoms with Gasteiger partial charge in [0.05, 0.1) is 6.61 Å². The lowest BCUT2D eigenvalue weighted by molar-refractivity contribution is 0.112. The summed E-state index contributed by atoms with van der Waals surface area (Å²) in [7, 11) is 3.19. The Balaban J connectivity index is 1.45. The largest absolute Gasteiger partial charge is 0.395 e. The zero-order valence-corrected chi connectivity index (χ0v) is 17.4. The van der Waals surface area contributed by atoms with Gasteiger partial charge in [0.25, 0.3) is 5.56 Å². The molecule has 10 heteroatoms. The van der Waals surface area contributed by atoms with Crippen molar-refractivity contribution in [3.8, 4) is 0 Å². The van der Waals surface area contributed by atoms with E-state index in [4.69, 9.17) is 5.11 Å². The molecule has 10 nitrogen and oxygen atoms in total. The zero-order valence-electron chi connectivity index (χ0n) is 17.4. The maximum absolute atomic E-state index is 12.7. The lowest BCUT2D eigenvalue weighted by Crippen LogP contribution is -2.47. The summed E-state index contributed by atoms with van der Waals surface area (Å²) in [6, 6.07) is 0. The van der Waals surface area contributed by atoms with Crippen LogP contribution in [0.5, 0.6) is 0 Å². The van der Waals surface area contributed by atoms with Crippen molar-refractivity contribution in [2.75, 3.05) is 63.9 Å². The number of aromatic nitrogens is 4. The first kappa shape index (κ1) is 20.1. The standard InChI is InChI=1S/C19H31N7O3/c1-21-16-15(17(28)22(2)19(21)29)26-8-4-7-25(18(26)20-16)6-3-5-23-9-11-24(12-10-23)13-14-27/h27H,3-14H2,1-2H3. The summed E-state index contributed by atoms with van der Waals surface area (Å²) in [6.07, 6.45) is 1.99. The van der Waals surface area contributed by atoms with Crippen molar-refractivity contribution in [1.29, 1.82) is 0 Å². The van der Waals surface area contributed by atoms with Crippen LogP contribution >= 0.6 is 0 Å². The zero-order chi connectivity index (χ0) is 20.5.